The van der Waals surface area contributed by atoms with E-state index >= 15 is 0 Å². The Hall–Kier alpha value is -0.0400. The zero-order chi connectivity index (χ0) is 4.57. The molecule has 0 saturated heterocycles. The van der Waals surface area contributed by atoms with Crippen LogP contribution in [-0.4, -0.2) is 11.7 Å². The van der Waals surface area contributed by atoms with E-state index in [0.29, 0.717) is 0 Å². The average Bonchev–Trinajstić information content (AvgIpc) is 2.19. The topological polar surface area (TPSA) is 17.1 Å². The smallest absolute Gasteiger partial charge is 0.203 e. The summed E-state index contributed by atoms with van der Waals surface area (Å²) in [6.45, 7) is 0. The molecule has 0 aliphatic heterocycles. The largest absolute Gasteiger partial charge is 0.291 e. The van der Waals surface area contributed by atoms with E-state index in [9.17, 15) is 4.79 Å². The SMILES string of the molecule is O=[C]C1CC1Cl. The van der Waals surface area contributed by atoms with Crippen molar-refractivity contribution in [1.82, 2.24) is 0 Å². The van der Waals surface area contributed by atoms with Gasteiger partial charge in [-0.3, -0.25) is 4.79 Å². The third-order valence-electron chi connectivity index (χ3n) is 0.864. The molecule has 0 aromatic rings. The molecule has 0 bridgehead atoms. The lowest BCUT2D eigenvalue weighted by atomic mass is 10.5. The van der Waals surface area contributed by atoms with Crippen LogP contribution in [0.2, 0.25) is 0 Å². The summed E-state index contributed by atoms with van der Waals surface area (Å²) in [4.78, 5) is 9.57. The van der Waals surface area contributed by atoms with Crippen molar-refractivity contribution in [3.8, 4) is 0 Å². The van der Waals surface area contributed by atoms with Crippen molar-refractivity contribution in [2.75, 3.05) is 0 Å². The molecular formula is C4H4ClO. The molecule has 2 heteroatoms. The average molecular weight is 104 g/mol. The molecule has 1 fully saturated rings. The molecule has 1 rings (SSSR count). The standard InChI is InChI=1S/C4H4ClO/c5-4-1-3(4)2-6/h3-4H,1H2. The van der Waals surface area contributed by atoms with Crippen LogP contribution in [0.3, 0.4) is 0 Å². The van der Waals surface area contributed by atoms with Crippen LogP contribution in [0.5, 0.6) is 0 Å². The lowest BCUT2D eigenvalue weighted by Crippen LogP contribution is -1.75. The van der Waals surface area contributed by atoms with Gasteiger partial charge in [-0.1, -0.05) is 0 Å². The Morgan fingerprint density at radius 3 is 2.33 bits per heavy atom. The van der Waals surface area contributed by atoms with Crippen LogP contribution in [0.25, 0.3) is 0 Å². The molecule has 1 nitrogen and oxygen atoms in total. The van der Waals surface area contributed by atoms with Gasteiger partial charge in [0.1, 0.15) is 0 Å². The maximum Gasteiger partial charge on any atom is 0.203 e. The second kappa shape index (κ2) is 1.23. The van der Waals surface area contributed by atoms with E-state index in [-0.39, 0.29) is 11.3 Å². The quantitative estimate of drug-likeness (QED) is 0.447. The second-order valence-corrected chi connectivity index (χ2v) is 2.04. The minimum absolute atomic E-state index is 0.0617. The van der Waals surface area contributed by atoms with Crippen molar-refractivity contribution >= 4 is 17.9 Å². The Balaban J connectivity index is 2.25. The molecule has 1 aliphatic carbocycles. The summed E-state index contributed by atoms with van der Waals surface area (Å²) in [7, 11) is 0. The van der Waals surface area contributed by atoms with Gasteiger partial charge >= 0.3 is 0 Å². The minimum atomic E-state index is 0.0617. The summed E-state index contributed by atoms with van der Waals surface area (Å²) in [6, 6.07) is 0. The van der Waals surface area contributed by atoms with Crippen LogP contribution >= 0.6 is 11.6 Å². The first kappa shape index (κ1) is 4.13. The molecule has 0 spiro atoms. The Kier molecular flexibility index (Phi) is 0.845. The van der Waals surface area contributed by atoms with Gasteiger partial charge in [-0.25, -0.2) is 0 Å². The fourth-order valence-corrected chi connectivity index (χ4v) is 0.529. The maximum atomic E-state index is 9.57. The van der Waals surface area contributed by atoms with Gasteiger partial charge in [0, 0.05) is 11.3 Å². The van der Waals surface area contributed by atoms with E-state index in [4.69, 9.17) is 11.6 Å². The number of alkyl halides is 1. The fourth-order valence-electron chi connectivity index (χ4n) is 0.286. The van der Waals surface area contributed by atoms with Crippen molar-refractivity contribution in [3.05, 3.63) is 0 Å². The third-order valence-corrected chi connectivity index (χ3v) is 1.35. The molecule has 0 N–H and O–H groups in total. The van der Waals surface area contributed by atoms with Crippen molar-refractivity contribution < 1.29 is 4.79 Å². The number of halogens is 1. The van der Waals surface area contributed by atoms with Gasteiger partial charge in [0.05, 0.1) is 0 Å². The molecule has 0 aromatic carbocycles. The summed E-state index contributed by atoms with van der Waals surface area (Å²) >= 11 is 5.39. The van der Waals surface area contributed by atoms with Gasteiger partial charge in [0.2, 0.25) is 6.29 Å². The highest BCUT2D eigenvalue weighted by atomic mass is 35.5. The van der Waals surface area contributed by atoms with Crippen LogP contribution < -0.4 is 0 Å². The van der Waals surface area contributed by atoms with Gasteiger partial charge in [0.25, 0.3) is 0 Å². The van der Waals surface area contributed by atoms with Gasteiger partial charge in [0.15, 0.2) is 0 Å². The second-order valence-electron chi connectivity index (χ2n) is 1.48. The maximum absolute atomic E-state index is 9.57. The molecule has 0 heterocycles. The number of carbonyl (C=O) groups excluding carboxylic acids is 1. The van der Waals surface area contributed by atoms with E-state index in [1.165, 1.54) is 0 Å². The summed E-state index contributed by atoms with van der Waals surface area (Å²) in [5.41, 5.74) is 0. The van der Waals surface area contributed by atoms with E-state index in [2.05, 4.69) is 0 Å². The van der Waals surface area contributed by atoms with Crippen LogP contribution in [0, 0.1) is 5.92 Å². The fraction of sp³-hybridized carbons (Fsp3) is 0.750. The zero-order valence-electron chi connectivity index (χ0n) is 3.15. The molecule has 0 aromatic heterocycles. The molecule has 1 radical (unpaired) electrons. The molecule has 2 atom stereocenters. The highest BCUT2D eigenvalue weighted by molar-refractivity contribution is 6.23. The zero-order valence-corrected chi connectivity index (χ0v) is 3.90. The lowest BCUT2D eigenvalue weighted by molar-refractivity contribution is 0.549. The van der Waals surface area contributed by atoms with Crippen molar-refractivity contribution in [2.45, 2.75) is 11.8 Å². The molecule has 1 saturated carbocycles. The highest BCUT2D eigenvalue weighted by Gasteiger charge is 2.35. The molecule has 6 heavy (non-hydrogen) atoms. The van der Waals surface area contributed by atoms with Crippen molar-refractivity contribution in [3.63, 3.8) is 0 Å². The first-order chi connectivity index (χ1) is 2.84. The van der Waals surface area contributed by atoms with Gasteiger partial charge in [-0.15, -0.1) is 11.6 Å². The van der Waals surface area contributed by atoms with Gasteiger partial charge < -0.3 is 0 Å². The van der Waals surface area contributed by atoms with E-state index in [1.807, 2.05) is 0 Å². The van der Waals surface area contributed by atoms with Crippen molar-refractivity contribution in [1.29, 1.82) is 0 Å². The normalized spacial score (nSPS) is 42.2. The van der Waals surface area contributed by atoms with Crippen molar-refractivity contribution in [2.24, 2.45) is 5.92 Å². The van der Waals surface area contributed by atoms with E-state index < -0.39 is 0 Å². The lowest BCUT2D eigenvalue weighted by Gasteiger charge is -1.63. The summed E-state index contributed by atoms with van der Waals surface area (Å²) in [6.07, 6.45) is 2.65. The first-order valence-corrected chi connectivity index (χ1v) is 2.30. The van der Waals surface area contributed by atoms with E-state index in [0.717, 1.165) is 6.42 Å². The molecule has 33 valence electrons. The van der Waals surface area contributed by atoms with Crippen LogP contribution in [0.15, 0.2) is 0 Å². The molecule has 0 amide bonds. The predicted octanol–water partition coefficient (Wildman–Crippen LogP) is 0.723. The molecular weight excluding hydrogens is 99.5 g/mol. The van der Waals surface area contributed by atoms with Gasteiger partial charge in [-0.05, 0) is 6.42 Å². The third kappa shape index (κ3) is 0.548. The predicted molar refractivity (Wildman–Crippen MR) is 23.4 cm³/mol. The molecule has 2 unspecified atom stereocenters. The minimum Gasteiger partial charge on any atom is -0.291 e. The summed E-state index contributed by atoms with van der Waals surface area (Å²) in [5.74, 6) is 0.0617. The Labute approximate surface area is 41.3 Å². The van der Waals surface area contributed by atoms with Crippen LogP contribution in [-0.2, 0) is 4.79 Å². The Morgan fingerprint density at radius 2 is 2.33 bits per heavy atom. The number of hydrogen-bond donors (Lipinski definition) is 0. The molecule has 1 aliphatic rings. The summed E-state index contributed by atoms with van der Waals surface area (Å²) in [5, 5.41) is 0.113. The number of rotatable bonds is 1. The Bertz CT molecular complexity index is 71.9. The van der Waals surface area contributed by atoms with E-state index in [1.54, 1.807) is 6.29 Å². The highest BCUT2D eigenvalue weighted by Crippen LogP contribution is 2.33. The summed E-state index contributed by atoms with van der Waals surface area (Å²) < 4.78 is 0. The number of hydrogen-bond acceptors (Lipinski definition) is 1. The van der Waals surface area contributed by atoms with Crippen LogP contribution in [0.4, 0.5) is 0 Å². The van der Waals surface area contributed by atoms with Crippen LogP contribution in [0.1, 0.15) is 6.42 Å². The first-order valence-electron chi connectivity index (χ1n) is 1.86. The monoisotopic (exact) mass is 103 g/mol. The van der Waals surface area contributed by atoms with Gasteiger partial charge in [-0.2, -0.15) is 0 Å². The Morgan fingerprint density at radius 1 is 1.83 bits per heavy atom.